The number of morpholine rings is 1. The van der Waals surface area contributed by atoms with Gasteiger partial charge in [0, 0.05) is 13.1 Å². The van der Waals surface area contributed by atoms with Crippen LogP contribution in [-0.4, -0.2) is 43.6 Å². The summed E-state index contributed by atoms with van der Waals surface area (Å²) in [6.45, 7) is 1.01. The molecule has 0 aromatic heterocycles. The molecule has 60 valence electrons. The van der Waals surface area contributed by atoms with Gasteiger partial charge in [-0.15, -0.1) is 0 Å². The molecule has 0 unspecified atom stereocenters. The monoisotopic (exact) mass is 205 g/mol. The van der Waals surface area contributed by atoms with E-state index in [2.05, 4.69) is 0 Å². The predicted molar refractivity (Wildman–Crippen MR) is 32.1 cm³/mol. The topological polar surface area (TPSA) is 69.7 Å². The van der Waals surface area contributed by atoms with Crippen LogP contribution in [-0.2, 0) is 15.0 Å². The first kappa shape index (κ1) is 12.5. The average molecular weight is 205 g/mol. The van der Waals surface area contributed by atoms with Crippen molar-refractivity contribution >= 4 is 10.3 Å². The van der Waals surface area contributed by atoms with E-state index in [0.29, 0.717) is 13.2 Å². The summed E-state index contributed by atoms with van der Waals surface area (Å²) < 4.78 is 36.6. The van der Waals surface area contributed by atoms with Gasteiger partial charge in [-0.3, -0.25) is 0 Å². The Hall–Kier alpha value is 1.47. The van der Waals surface area contributed by atoms with Crippen LogP contribution in [0.25, 0.3) is 0 Å². The molecule has 11 heavy (non-hydrogen) atoms. The van der Waals surface area contributed by atoms with Crippen LogP contribution in [0.1, 0.15) is 0 Å². The van der Waals surface area contributed by atoms with Crippen molar-refractivity contribution in [1.29, 1.82) is 0 Å². The third-order valence-corrected chi connectivity index (χ3v) is 2.28. The zero-order chi connectivity index (χ0) is 7.61. The van der Waals surface area contributed by atoms with E-state index in [1.165, 1.54) is 0 Å². The molecule has 1 saturated heterocycles. The third-order valence-electron chi connectivity index (χ3n) is 1.29. The summed E-state index contributed by atoms with van der Waals surface area (Å²) in [6.07, 6.45) is 0. The fourth-order valence-electron chi connectivity index (χ4n) is 0.770. The van der Waals surface area contributed by atoms with Crippen molar-refractivity contribution in [3.05, 3.63) is 0 Å². The maximum atomic E-state index is 10.3. The summed E-state index contributed by atoms with van der Waals surface area (Å²) in [5.74, 6) is 0. The molecule has 0 amide bonds. The van der Waals surface area contributed by atoms with Gasteiger partial charge in [0.25, 0.3) is 0 Å². The van der Waals surface area contributed by atoms with Crippen LogP contribution in [0.5, 0.6) is 0 Å². The van der Waals surface area contributed by atoms with E-state index in [9.17, 15) is 13.0 Å². The van der Waals surface area contributed by atoms with Gasteiger partial charge in [0.2, 0.25) is 0 Å². The second-order valence-corrected chi connectivity index (χ2v) is 3.34. The van der Waals surface area contributed by atoms with Crippen LogP contribution in [0.15, 0.2) is 0 Å². The minimum absolute atomic E-state index is 0. The van der Waals surface area contributed by atoms with E-state index in [0.717, 1.165) is 4.31 Å². The molecule has 0 spiro atoms. The fraction of sp³-hybridized carbons (Fsp3) is 1.00. The minimum atomic E-state index is -4.22. The second kappa shape index (κ2) is 5.25. The number of hydrogen-bond acceptors (Lipinski definition) is 4. The van der Waals surface area contributed by atoms with Gasteiger partial charge in [-0.2, -0.15) is 0 Å². The van der Waals surface area contributed by atoms with Crippen molar-refractivity contribution < 1.29 is 69.1 Å². The molecule has 0 aromatic carbocycles. The predicted octanol–water partition coefficient (Wildman–Crippen LogP) is -4.22. The van der Waals surface area contributed by atoms with Crippen LogP contribution in [0.4, 0.5) is 0 Å². The summed E-state index contributed by atoms with van der Waals surface area (Å²) in [5.41, 5.74) is 0. The van der Waals surface area contributed by atoms with Crippen LogP contribution in [0.3, 0.4) is 0 Å². The Morgan fingerprint density at radius 1 is 1.27 bits per heavy atom. The van der Waals surface area contributed by atoms with E-state index >= 15 is 0 Å². The zero-order valence-electron chi connectivity index (χ0n) is 6.32. The largest absolute Gasteiger partial charge is 1.00 e. The molecule has 0 N–H and O–H groups in total. The van der Waals surface area contributed by atoms with E-state index in [-0.39, 0.29) is 64.5 Å². The Balaban J connectivity index is 0.000001000. The van der Waals surface area contributed by atoms with Crippen molar-refractivity contribution in [3.63, 3.8) is 0 Å². The van der Waals surface area contributed by atoms with Crippen molar-refractivity contribution in [1.82, 2.24) is 4.31 Å². The smallest absolute Gasteiger partial charge is 0.735 e. The molecule has 5 nitrogen and oxygen atoms in total. The molecule has 0 bridgehead atoms. The van der Waals surface area contributed by atoms with Crippen LogP contribution in [0.2, 0.25) is 0 Å². The van der Waals surface area contributed by atoms with Gasteiger partial charge in [-0.1, -0.05) is 0 Å². The summed E-state index contributed by atoms with van der Waals surface area (Å²) in [7, 11) is -4.22. The molecular formula is C4H8KNO4S. The number of nitrogens with zero attached hydrogens (tertiary/aromatic N) is 1. The summed E-state index contributed by atoms with van der Waals surface area (Å²) >= 11 is 0. The molecule has 0 saturated carbocycles. The molecule has 1 rings (SSSR count). The van der Waals surface area contributed by atoms with Gasteiger partial charge in [0.1, 0.15) is 0 Å². The summed E-state index contributed by atoms with van der Waals surface area (Å²) in [6, 6.07) is 0. The van der Waals surface area contributed by atoms with Crippen LogP contribution < -0.4 is 51.4 Å². The molecule has 1 fully saturated rings. The van der Waals surface area contributed by atoms with Gasteiger partial charge in [0.05, 0.1) is 13.2 Å². The van der Waals surface area contributed by atoms with E-state index in [4.69, 9.17) is 4.74 Å². The first-order valence-corrected chi connectivity index (χ1v) is 4.26. The second-order valence-electron chi connectivity index (χ2n) is 1.97. The summed E-state index contributed by atoms with van der Waals surface area (Å²) in [5, 5.41) is 0. The molecule has 7 heteroatoms. The minimum Gasteiger partial charge on any atom is -0.735 e. The summed E-state index contributed by atoms with van der Waals surface area (Å²) in [4.78, 5) is 0. The Bertz CT molecular complexity index is 198. The maximum absolute atomic E-state index is 10.3. The molecule has 0 aromatic rings. The SMILES string of the molecule is O=S(=O)([O-])N1CCOCC1.[K+]. The van der Waals surface area contributed by atoms with Gasteiger partial charge in [0.15, 0.2) is 10.3 Å². The van der Waals surface area contributed by atoms with Gasteiger partial charge >= 0.3 is 51.4 Å². The first-order valence-electron chi connectivity index (χ1n) is 2.89. The normalized spacial score (nSPS) is 20.8. The molecule has 1 aliphatic heterocycles. The van der Waals surface area contributed by atoms with Crippen molar-refractivity contribution in [2.24, 2.45) is 0 Å². The molecular weight excluding hydrogens is 197 g/mol. The molecule has 0 radical (unpaired) electrons. The van der Waals surface area contributed by atoms with Crippen LogP contribution >= 0.6 is 0 Å². The van der Waals surface area contributed by atoms with Gasteiger partial charge in [-0.05, 0) is 0 Å². The van der Waals surface area contributed by atoms with E-state index < -0.39 is 10.3 Å². The number of ether oxygens (including phenoxy) is 1. The molecule has 1 aliphatic rings. The Labute approximate surface area is 108 Å². The molecule has 0 atom stereocenters. The third kappa shape index (κ3) is 4.30. The number of rotatable bonds is 1. The Morgan fingerprint density at radius 3 is 2.00 bits per heavy atom. The van der Waals surface area contributed by atoms with Crippen LogP contribution in [0, 0.1) is 0 Å². The van der Waals surface area contributed by atoms with Crippen molar-refractivity contribution in [3.8, 4) is 0 Å². The molecule has 1 heterocycles. The Morgan fingerprint density at radius 2 is 1.73 bits per heavy atom. The maximum Gasteiger partial charge on any atom is 1.00 e. The van der Waals surface area contributed by atoms with Gasteiger partial charge in [-0.25, -0.2) is 12.7 Å². The van der Waals surface area contributed by atoms with E-state index in [1.807, 2.05) is 0 Å². The molecule has 0 aliphatic carbocycles. The van der Waals surface area contributed by atoms with Crippen molar-refractivity contribution in [2.75, 3.05) is 26.3 Å². The number of hydrogen-bond donors (Lipinski definition) is 0. The first-order chi connectivity index (χ1) is 4.61. The zero-order valence-corrected chi connectivity index (χ0v) is 10.3. The fourth-order valence-corrected chi connectivity index (χ4v) is 1.37. The Kier molecular flexibility index (Phi) is 5.95. The van der Waals surface area contributed by atoms with E-state index in [1.54, 1.807) is 0 Å². The average Bonchev–Trinajstić information content (AvgIpc) is 1.88. The van der Waals surface area contributed by atoms with Crippen molar-refractivity contribution in [2.45, 2.75) is 0 Å². The van der Waals surface area contributed by atoms with Gasteiger partial charge < -0.3 is 9.29 Å². The quantitative estimate of drug-likeness (QED) is 0.321. The standard InChI is InChI=1S/C4H9NO4S.K/c6-10(7,8)5-1-3-9-4-2-5;/h1-4H2,(H,6,7,8);/q;+1/p-1.